The first kappa shape index (κ1) is 17.0. The number of rotatable bonds is 5. The number of aryl methyl sites for hydroxylation is 1. The second kappa shape index (κ2) is 7.34. The summed E-state index contributed by atoms with van der Waals surface area (Å²) < 4.78 is 13.1. The van der Waals surface area contributed by atoms with Crippen LogP contribution in [0, 0.1) is 17.8 Å². The van der Waals surface area contributed by atoms with Gasteiger partial charge in [0.25, 0.3) is 0 Å². The summed E-state index contributed by atoms with van der Waals surface area (Å²) in [7, 11) is 0. The van der Waals surface area contributed by atoms with Crippen molar-refractivity contribution in [2.75, 3.05) is 19.8 Å². The molecule has 0 radical (unpaired) electrons. The first-order valence-electron chi connectivity index (χ1n) is 9.54. The van der Waals surface area contributed by atoms with Crippen molar-refractivity contribution in [2.45, 2.75) is 58.9 Å². The summed E-state index contributed by atoms with van der Waals surface area (Å²) in [5, 5.41) is 0. The number of hydrogen-bond acceptors (Lipinski definition) is 1. The largest absolute Gasteiger partial charge is 0.296 e. The van der Waals surface area contributed by atoms with Crippen molar-refractivity contribution in [1.29, 1.82) is 0 Å². The third-order valence-electron chi connectivity index (χ3n) is 6.00. The van der Waals surface area contributed by atoms with E-state index in [1.54, 1.807) is 5.56 Å². The Kier molecular flexibility index (Phi) is 5.41. The fourth-order valence-electron chi connectivity index (χ4n) is 4.83. The fourth-order valence-corrected chi connectivity index (χ4v) is 4.83. The monoisotopic (exact) mass is 317 g/mol. The number of nitrogens with zero attached hydrogens (tertiary/aromatic N) is 1. The van der Waals surface area contributed by atoms with E-state index in [9.17, 15) is 4.39 Å². The first-order chi connectivity index (χ1) is 11.1. The zero-order valence-corrected chi connectivity index (χ0v) is 15.0. The minimum absolute atomic E-state index is 0.159. The summed E-state index contributed by atoms with van der Waals surface area (Å²) in [6, 6.07) is 7.61. The maximum Gasteiger partial charge on any atom is 0.0897 e. The van der Waals surface area contributed by atoms with Crippen LogP contribution in [0.4, 0.5) is 4.39 Å². The molecular weight excluding hydrogens is 285 g/mol. The van der Waals surface area contributed by atoms with Crippen LogP contribution in [-0.2, 0) is 12.8 Å². The number of fused-ring (bicyclic) bond motifs is 3. The highest BCUT2D eigenvalue weighted by Gasteiger charge is 2.38. The molecule has 128 valence electrons. The van der Waals surface area contributed by atoms with Crippen molar-refractivity contribution < 1.29 is 4.39 Å². The van der Waals surface area contributed by atoms with Gasteiger partial charge in [0.05, 0.1) is 6.67 Å². The maximum atomic E-state index is 13.1. The van der Waals surface area contributed by atoms with Crippen LogP contribution < -0.4 is 0 Å². The van der Waals surface area contributed by atoms with E-state index in [1.165, 1.54) is 37.1 Å². The highest BCUT2D eigenvalue weighted by Crippen LogP contribution is 2.44. The predicted molar refractivity (Wildman–Crippen MR) is 95.5 cm³/mol. The van der Waals surface area contributed by atoms with E-state index in [0.717, 1.165) is 19.3 Å². The van der Waals surface area contributed by atoms with Crippen molar-refractivity contribution in [1.82, 2.24) is 4.90 Å². The van der Waals surface area contributed by atoms with Gasteiger partial charge in [-0.1, -0.05) is 39.0 Å². The molecule has 1 saturated heterocycles. The van der Waals surface area contributed by atoms with Gasteiger partial charge in [-0.15, -0.1) is 0 Å². The third kappa shape index (κ3) is 3.63. The topological polar surface area (TPSA) is 3.24 Å². The van der Waals surface area contributed by atoms with Crippen molar-refractivity contribution in [3.05, 3.63) is 34.9 Å². The molecule has 2 aliphatic heterocycles. The molecule has 2 heterocycles. The highest BCUT2D eigenvalue weighted by atomic mass is 19.1. The van der Waals surface area contributed by atoms with Gasteiger partial charge in [-0.2, -0.15) is 0 Å². The Balaban J connectivity index is 1.82. The lowest BCUT2D eigenvalue weighted by molar-refractivity contribution is 0.0384. The molecule has 0 unspecified atom stereocenters. The number of benzene rings is 1. The van der Waals surface area contributed by atoms with Gasteiger partial charge in [0.15, 0.2) is 0 Å². The van der Waals surface area contributed by atoms with Crippen LogP contribution in [0.5, 0.6) is 0 Å². The minimum atomic E-state index is -0.159. The van der Waals surface area contributed by atoms with Crippen LogP contribution in [0.1, 0.15) is 62.8 Å². The Labute approximate surface area is 141 Å². The van der Waals surface area contributed by atoms with Gasteiger partial charge >= 0.3 is 0 Å². The summed E-state index contributed by atoms with van der Waals surface area (Å²) in [5.74, 6) is 1.95. The zero-order chi connectivity index (χ0) is 16.4. The van der Waals surface area contributed by atoms with Gasteiger partial charge in [-0.3, -0.25) is 9.29 Å². The average Bonchev–Trinajstić information content (AvgIpc) is 2.54. The molecule has 0 bridgehead atoms. The number of piperidine rings is 1. The van der Waals surface area contributed by atoms with Gasteiger partial charge in [0.1, 0.15) is 0 Å². The van der Waals surface area contributed by atoms with Crippen LogP contribution >= 0.6 is 0 Å². The van der Waals surface area contributed by atoms with Gasteiger partial charge in [0, 0.05) is 19.1 Å². The SMILES string of the molecule is CCc1ccc2c(c1)CCN1C[C@@H](CC(C)C)[C@@H](CCF)C[C@H]21. The van der Waals surface area contributed by atoms with E-state index < -0.39 is 0 Å². The summed E-state index contributed by atoms with van der Waals surface area (Å²) >= 11 is 0. The van der Waals surface area contributed by atoms with Crippen LogP contribution in [0.2, 0.25) is 0 Å². The van der Waals surface area contributed by atoms with Crippen molar-refractivity contribution in [2.24, 2.45) is 17.8 Å². The second-order valence-corrected chi connectivity index (χ2v) is 8.01. The first-order valence-corrected chi connectivity index (χ1v) is 9.54. The highest BCUT2D eigenvalue weighted by molar-refractivity contribution is 5.37. The average molecular weight is 317 g/mol. The molecule has 0 N–H and O–H groups in total. The molecule has 0 aliphatic carbocycles. The Morgan fingerprint density at radius 3 is 2.78 bits per heavy atom. The molecule has 0 amide bonds. The molecule has 1 nitrogen and oxygen atoms in total. The van der Waals surface area contributed by atoms with Crippen molar-refractivity contribution in [3.8, 4) is 0 Å². The molecule has 3 atom stereocenters. The number of halogens is 1. The van der Waals surface area contributed by atoms with Gasteiger partial charge in [-0.25, -0.2) is 0 Å². The molecule has 2 aliphatic rings. The lowest BCUT2D eigenvalue weighted by Gasteiger charge is -2.47. The zero-order valence-electron chi connectivity index (χ0n) is 15.0. The van der Waals surface area contributed by atoms with Crippen molar-refractivity contribution >= 4 is 0 Å². The van der Waals surface area contributed by atoms with Gasteiger partial charge < -0.3 is 0 Å². The van der Waals surface area contributed by atoms with E-state index in [2.05, 4.69) is 43.9 Å². The Bertz CT molecular complexity index is 525. The van der Waals surface area contributed by atoms with Crippen LogP contribution in [-0.4, -0.2) is 24.7 Å². The number of hydrogen-bond donors (Lipinski definition) is 0. The Morgan fingerprint density at radius 1 is 1.26 bits per heavy atom. The van der Waals surface area contributed by atoms with E-state index in [1.807, 2.05) is 0 Å². The molecule has 1 fully saturated rings. The van der Waals surface area contributed by atoms with Gasteiger partial charge in [0.2, 0.25) is 0 Å². The van der Waals surface area contributed by atoms with E-state index in [-0.39, 0.29) is 6.67 Å². The van der Waals surface area contributed by atoms with Crippen LogP contribution in [0.25, 0.3) is 0 Å². The van der Waals surface area contributed by atoms with E-state index >= 15 is 0 Å². The maximum absolute atomic E-state index is 13.1. The molecule has 1 aromatic rings. The molecule has 1 aromatic carbocycles. The smallest absolute Gasteiger partial charge is 0.0897 e. The fraction of sp³-hybridized carbons (Fsp3) is 0.714. The normalized spacial score (nSPS) is 27.8. The summed E-state index contributed by atoms with van der Waals surface area (Å²) in [5.41, 5.74) is 4.53. The molecule has 2 heteroatoms. The minimum Gasteiger partial charge on any atom is -0.296 e. The molecule has 0 aromatic heterocycles. The summed E-state index contributed by atoms with van der Waals surface area (Å²) in [6.07, 6.45) is 5.45. The lowest BCUT2D eigenvalue weighted by Crippen LogP contribution is -2.46. The Morgan fingerprint density at radius 2 is 2.09 bits per heavy atom. The molecule has 0 saturated carbocycles. The van der Waals surface area contributed by atoms with E-state index in [0.29, 0.717) is 23.8 Å². The lowest BCUT2D eigenvalue weighted by atomic mass is 9.73. The molecule has 23 heavy (non-hydrogen) atoms. The van der Waals surface area contributed by atoms with Crippen LogP contribution in [0.3, 0.4) is 0 Å². The van der Waals surface area contributed by atoms with Crippen molar-refractivity contribution in [3.63, 3.8) is 0 Å². The number of alkyl halides is 1. The molecule has 0 spiro atoms. The van der Waals surface area contributed by atoms with Crippen LogP contribution in [0.15, 0.2) is 18.2 Å². The molecule has 3 rings (SSSR count). The third-order valence-corrected chi connectivity index (χ3v) is 6.00. The standard InChI is InChI=1S/C21H32FN/c1-4-16-5-6-20-18(12-16)8-10-23-14-19(11-15(2)3)17(7-9-22)13-21(20)23/h5-6,12,15,17,19,21H,4,7-11,13-14H2,1-3H3/t17-,19+,21+/m0/s1. The van der Waals surface area contributed by atoms with Gasteiger partial charge in [-0.05, 0) is 66.5 Å². The summed E-state index contributed by atoms with van der Waals surface area (Å²) in [4.78, 5) is 2.69. The second-order valence-electron chi connectivity index (χ2n) is 8.01. The quantitative estimate of drug-likeness (QED) is 0.722. The Hall–Kier alpha value is -0.890. The van der Waals surface area contributed by atoms with E-state index in [4.69, 9.17) is 0 Å². The summed E-state index contributed by atoms with van der Waals surface area (Å²) in [6.45, 7) is 9.02. The predicted octanol–water partition coefficient (Wildman–Crippen LogP) is 5.19. The molecular formula is C21H32FN.